The SMILES string of the molecule is COc1ccc(C(=O)N2CCC(n3c(C)cnc3C3CC3)C2)cc1. The summed E-state index contributed by atoms with van der Waals surface area (Å²) in [5, 5.41) is 0. The van der Waals surface area contributed by atoms with Crippen molar-refractivity contribution >= 4 is 5.91 Å². The zero-order chi connectivity index (χ0) is 16.7. The Balaban J connectivity index is 1.50. The van der Waals surface area contributed by atoms with E-state index < -0.39 is 0 Å². The van der Waals surface area contributed by atoms with E-state index in [0.717, 1.165) is 30.8 Å². The molecule has 1 aromatic carbocycles. The van der Waals surface area contributed by atoms with E-state index in [2.05, 4.69) is 16.5 Å². The van der Waals surface area contributed by atoms with Crippen LogP contribution in [0.3, 0.4) is 0 Å². The summed E-state index contributed by atoms with van der Waals surface area (Å²) in [7, 11) is 1.63. The summed E-state index contributed by atoms with van der Waals surface area (Å²) < 4.78 is 7.53. The zero-order valence-corrected chi connectivity index (χ0v) is 14.2. The van der Waals surface area contributed by atoms with Crippen molar-refractivity contribution in [2.45, 2.75) is 38.1 Å². The lowest BCUT2D eigenvalue weighted by atomic mass is 10.2. The van der Waals surface area contributed by atoms with Crippen LogP contribution < -0.4 is 4.74 Å². The third-order valence-corrected chi connectivity index (χ3v) is 5.11. The Kier molecular flexibility index (Phi) is 3.79. The monoisotopic (exact) mass is 325 g/mol. The lowest BCUT2D eigenvalue weighted by Crippen LogP contribution is -2.29. The number of imidazole rings is 1. The number of nitrogens with zero attached hydrogens (tertiary/aromatic N) is 3. The molecule has 0 radical (unpaired) electrons. The minimum Gasteiger partial charge on any atom is -0.497 e. The number of hydrogen-bond donors (Lipinski definition) is 0. The highest BCUT2D eigenvalue weighted by atomic mass is 16.5. The van der Waals surface area contributed by atoms with E-state index in [1.54, 1.807) is 7.11 Å². The molecule has 126 valence electrons. The van der Waals surface area contributed by atoms with Crippen LogP contribution in [0.15, 0.2) is 30.5 Å². The van der Waals surface area contributed by atoms with Gasteiger partial charge in [0.25, 0.3) is 5.91 Å². The van der Waals surface area contributed by atoms with Gasteiger partial charge in [0.05, 0.1) is 13.2 Å². The Morgan fingerprint density at radius 1 is 1.21 bits per heavy atom. The molecule has 2 fully saturated rings. The number of hydrogen-bond acceptors (Lipinski definition) is 3. The first-order chi connectivity index (χ1) is 11.7. The van der Waals surface area contributed by atoms with Crippen LogP contribution in [-0.2, 0) is 0 Å². The molecule has 1 saturated heterocycles. The highest BCUT2D eigenvalue weighted by molar-refractivity contribution is 5.94. The predicted molar refractivity (Wildman–Crippen MR) is 91.5 cm³/mol. The van der Waals surface area contributed by atoms with Crippen molar-refractivity contribution < 1.29 is 9.53 Å². The summed E-state index contributed by atoms with van der Waals surface area (Å²) in [6.45, 7) is 3.69. The molecule has 5 heteroatoms. The smallest absolute Gasteiger partial charge is 0.253 e. The third-order valence-electron chi connectivity index (χ3n) is 5.11. The molecule has 1 atom stereocenters. The van der Waals surface area contributed by atoms with Gasteiger partial charge in [-0.05, 0) is 50.5 Å². The van der Waals surface area contributed by atoms with Gasteiger partial charge in [0, 0.05) is 36.5 Å². The van der Waals surface area contributed by atoms with Crippen LogP contribution in [0.4, 0.5) is 0 Å². The average molecular weight is 325 g/mol. The van der Waals surface area contributed by atoms with Crippen molar-refractivity contribution in [3.05, 3.63) is 47.5 Å². The summed E-state index contributed by atoms with van der Waals surface area (Å²) in [5.74, 6) is 2.72. The van der Waals surface area contributed by atoms with Crippen molar-refractivity contribution in [1.82, 2.24) is 14.5 Å². The second-order valence-corrected chi connectivity index (χ2v) is 6.82. The summed E-state index contributed by atoms with van der Waals surface area (Å²) in [6.07, 6.45) is 5.47. The zero-order valence-electron chi connectivity index (χ0n) is 14.2. The molecule has 2 aromatic rings. The fourth-order valence-corrected chi connectivity index (χ4v) is 3.64. The molecule has 0 bridgehead atoms. The maximum Gasteiger partial charge on any atom is 0.253 e. The molecule has 1 aromatic heterocycles. The van der Waals surface area contributed by atoms with Gasteiger partial charge in [-0.2, -0.15) is 0 Å². The molecule has 2 aliphatic rings. The fraction of sp³-hybridized carbons (Fsp3) is 0.474. The molecule has 1 aliphatic carbocycles. The van der Waals surface area contributed by atoms with Crippen molar-refractivity contribution in [1.29, 1.82) is 0 Å². The summed E-state index contributed by atoms with van der Waals surface area (Å²) in [5.41, 5.74) is 1.93. The number of carbonyl (C=O) groups is 1. The molecule has 2 heterocycles. The van der Waals surface area contributed by atoms with E-state index in [4.69, 9.17) is 4.74 Å². The van der Waals surface area contributed by atoms with Crippen LogP contribution in [0.1, 0.15) is 53.1 Å². The largest absolute Gasteiger partial charge is 0.497 e. The molecule has 1 unspecified atom stereocenters. The molecule has 1 amide bonds. The van der Waals surface area contributed by atoms with E-state index in [9.17, 15) is 4.79 Å². The number of amides is 1. The number of carbonyl (C=O) groups excluding carboxylic acids is 1. The van der Waals surface area contributed by atoms with Gasteiger partial charge in [-0.3, -0.25) is 4.79 Å². The Morgan fingerprint density at radius 3 is 2.62 bits per heavy atom. The van der Waals surface area contributed by atoms with E-state index >= 15 is 0 Å². The number of aromatic nitrogens is 2. The fourth-order valence-electron chi connectivity index (χ4n) is 3.64. The number of methoxy groups -OCH3 is 1. The predicted octanol–water partition coefficient (Wildman–Crippen LogP) is 3.16. The molecular weight excluding hydrogens is 302 g/mol. The Bertz CT molecular complexity index is 746. The highest BCUT2D eigenvalue weighted by Gasteiger charge is 2.34. The Hall–Kier alpha value is -2.30. The van der Waals surface area contributed by atoms with Crippen molar-refractivity contribution in [2.24, 2.45) is 0 Å². The quantitative estimate of drug-likeness (QED) is 0.867. The van der Waals surface area contributed by atoms with Crippen LogP contribution in [0.2, 0.25) is 0 Å². The van der Waals surface area contributed by atoms with E-state index in [1.165, 1.54) is 24.4 Å². The first-order valence-electron chi connectivity index (χ1n) is 8.64. The number of likely N-dealkylation sites (tertiary alicyclic amines) is 1. The number of rotatable bonds is 4. The second kappa shape index (κ2) is 5.96. The van der Waals surface area contributed by atoms with Gasteiger partial charge < -0.3 is 14.2 Å². The lowest BCUT2D eigenvalue weighted by Gasteiger charge is -2.20. The van der Waals surface area contributed by atoms with Gasteiger partial charge in [-0.15, -0.1) is 0 Å². The van der Waals surface area contributed by atoms with Crippen LogP contribution in [-0.4, -0.2) is 40.6 Å². The summed E-state index contributed by atoms with van der Waals surface area (Å²) in [4.78, 5) is 19.3. The third kappa shape index (κ3) is 2.68. The molecule has 1 saturated carbocycles. The number of ether oxygens (including phenoxy) is 1. The van der Waals surface area contributed by atoms with Crippen molar-refractivity contribution in [3.8, 4) is 5.75 Å². The lowest BCUT2D eigenvalue weighted by molar-refractivity contribution is 0.0787. The van der Waals surface area contributed by atoms with Crippen molar-refractivity contribution in [3.63, 3.8) is 0 Å². The molecule has 5 nitrogen and oxygen atoms in total. The number of benzene rings is 1. The molecular formula is C19H23N3O2. The normalized spacial score (nSPS) is 20.4. The number of aryl methyl sites for hydroxylation is 1. The van der Waals surface area contributed by atoms with E-state index in [-0.39, 0.29) is 5.91 Å². The molecule has 4 rings (SSSR count). The topological polar surface area (TPSA) is 47.4 Å². The van der Waals surface area contributed by atoms with E-state index in [0.29, 0.717) is 12.0 Å². The Labute approximate surface area is 142 Å². The van der Waals surface area contributed by atoms with Gasteiger partial charge >= 0.3 is 0 Å². The maximum atomic E-state index is 12.7. The standard InChI is InChI=1S/C19H23N3O2/c1-13-11-20-18(14-3-4-14)22(13)16-9-10-21(12-16)19(23)15-5-7-17(24-2)8-6-15/h5-8,11,14,16H,3-4,9-10,12H2,1-2H3. The highest BCUT2D eigenvalue weighted by Crippen LogP contribution is 2.41. The maximum absolute atomic E-state index is 12.7. The summed E-state index contributed by atoms with van der Waals surface area (Å²) in [6, 6.07) is 7.71. The molecule has 1 aliphatic heterocycles. The molecule has 0 spiro atoms. The van der Waals surface area contributed by atoms with Crippen LogP contribution in [0, 0.1) is 6.92 Å². The van der Waals surface area contributed by atoms with Crippen LogP contribution in [0.5, 0.6) is 5.75 Å². The summed E-state index contributed by atoms with van der Waals surface area (Å²) >= 11 is 0. The minimum absolute atomic E-state index is 0.103. The van der Waals surface area contributed by atoms with Gasteiger partial charge in [0.1, 0.15) is 11.6 Å². The minimum atomic E-state index is 0.103. The molecule has 24 heavy (non-hydrogen) atoms. The van der Waals surface area contributed by atoms with Gasteiger partial charge in [-0.25, -0.2) is 4.98 Å². The van der Waals surface area contributed by atoms with Crippen molar-refractivity contribution in [2.75, 3.05) is 20.2 Å². The first-order valence-corrected chi connectivity index (χ1v) is 8.64. The first kappa shape index (κ1) is 15.2. The Morgan fingerprint density at radius 2 is 1.96 bits per heavy atom. The van der Waals surface area contributed by atoms with E-state index in [1.807, 2.05) is 35.4 Å². The molecule has 0 N–H and O–H groups in total. The average Bonchev–Trinajstić information content (AvgIpc) is 3.21. The van der Waals surface area contributed by atoms with Crippen LogP contribution >= 0.6 is 0 Å². The van der Waals surface area contributed by atoms with Gasteiger partial charge in [-0.1, -0.05) is 0 Å². The second-order valence-electron chi connectivity index (χ2n) is 6.82. The van der Waals surface area contributed by atoms with Crippen LogP contribution in [0.25, 0.3) is 0 Å². The van der Waals surface area contributed by atoms with Gasteiger partial charge in [0.2, 0.25) is 0 Å². The van der Waals surface area contributed by atoms with Gasteiger partial charge in [0.15, 0.2) is 0 Å².